The zero-order valence-electron chi connectivity index (χ0n) is 13.5. The summed E-state index contributed by atoms with van der Waals surface area (Å²) in [6, 6.07) is 0.424. The normalized spacial score (nSPS) is 11.4. The molecule has 0 aliphatic heterocycles. The van der Waals surface area contributed by atoms with Gasteiger partial charge >= 0.3 is 5.97 Å². The minimum Gasteiger partial charge on any atom is -0.481 e. The van der Waals surface area contributed by atoms with Gasteiger partial charge in [0.05, 0.1) is 5.75 Å². The van der Waals surface area contributed by atoms with Crippen LogP contribution in [-0.2, 0) is 11.8 Å². The molecule has 0 atom stereocenters. The number of hydrogen-bond donors (Lipinski definition) is 1. The summed E-state index contributed by atoms with van der Waals surface area (Å²) in [7, 11) is 1.90. The van der Waals surface area contributed by atoms with Crippen LogP contribution in [0, 0.1) is 5.92 Å². The van der Waals surface area contributed by atoms with Crippen LogP contribution in [0.4, 0.5) is 5.95 Å². The van der Waals surface area contributed by atoms with Gasteiger partial charge in [0.1, 0.15) is 0 Å². The highest BCUT2D eigenvalue weighted by molar-refractivity contribution is 7.99. The summed E-state index contributed by atoms with van der Waals surface area (Å²) in [5.41, 5.74) is 0. The van der Waals surface area contributed by atoms with E-state index in [2.05, 4.69) is 42.8 Å². The van der Waals surface area contributed by atoms with Gasteiger partial charge in [0, 0.05) is 19.6 Å². The number of carboxylic acids is 1. The zero-order chi connectivity index (χ0) is 16.0. The van der Waals surface area contributed by atoms with Gasteiger partial charge in [-0.1, -0.05) is 39.5 Å². The number of nitrogens with zero attached hydrogens (tertiary/aromatic N) is 4. The van der Waals surface area contributed by atoms with E-state index in [1.807, 2.05) is 11.6 Å². The average molecular weight is 314 g/mol. The predicted octanol–water partition coefficient (Wildman–Crippen LogP) is 2.64. The number of thioether (sulfide) groups is 1. The predicted molar refractivity (Wildman–Crippen MR) is 85.9 cm³/mol. The van der Waals surface area contributed by atoms with Crippen molar-refractivity contribution in [1.29, 1.82) is 0 Å². The Kier molecular flexibility index (Phi) is 7.01. The topological polar surface area (TPSA) is 71.2 Å². The van der Waals surface area contributed by atoms with Crippen molar-refractivity contribution < 1.29 is 9.90 Å². The van der Waals surface area contributed by atoms with Crippen LogP contribution < -0.4 is 4.90 Å². The molecule has 1 rings (SSSR count). The first-order chi connectivity index (χ1) is 9.90. The van der Waals surface area contributed by atoms with Gasteiger partial charge in [-0.2, -0.15) is 0 Å². The lowest BCUT2D eigenvalue weighted by atomic mass is 10.1. The van der Waals surface area contributed by atoms with Gasteiger partial charge in [-0.25, -0.2) is 0 Å². The first kappa shape index (κ1) is 17.8. The van der Waals surface area contributed by atoms with E-state index < -0.39 is 5.97 Å². The number of anilines is 1. The molecule has 0 aromatic carbocycles. The molecule has 0 aliphatic rings. The van der Waals surface area contributed by atoms with Crippen LogP contribution in [0.5, 0.6) is 0 Å². The molecule has 1 heterocycles. The van der Waals surface area contributed by atoms with Crippen LogP contribution in [0.2, 0.25) is 0 Å². The molecule has 1 aromatic rings. The van der Waals surface area contributed by atoms with Crippen molar-refractivity contribution >= 4 is 23.7 Å². The van der Waals surface area contributed by atoms with Crippen molar-refractivity contribution in [3.05, 3.63) is 0 Å². The molecular weight excluding hydrogens is 288 g/mol. The summed E-state index contributed by atoms with van der Waals surface area (Å²) in [5, 5.41) is 17.8. The van der Waals surface area contributed by atoms with E-state index in [0.29, 0.717) is 17.1 Å². The van der Waals surface area contributed by atoms with Crippen LogP contribution in [0.25, 0.3) is 0 Å². The molecule has 6 nitrogen and oxygen atoms in total. The monoisotopic (exact) mass is 314 g/mol. The maximum Gasteiger partial charge on any atom is 0.313 e. The summed E-state index contributed by atoms with van der Waals surface area (Å²) in [6.45, 7) is 9.65. The summed E-state index contributed by atoms with van der Waals surface area (Å²) in [5.74, 6) is 0.507. The highest BCUT2D eigenvalue weighted by atomic mass is 32.2. The molecule has 21 heavy (non-hydrogen) atoms. The molecule has 1 N–H and O–H groups in total. The van der Waals surface area contributed by atoms with Gasteiger partial charge in [0.25, 0.3) is 0 Å². The fourth-order valence-electron chi connectivity index (χ4n) is 2.33. The Morgan fingerprint density at radius 3 is 2.43 bits per heavy atom. The molecule has 0 amide bonds. The molecule has 0 spiro atoms. The second-order valence-corrected chi connectivity index (χ2v) is 6.48. The lowest BCUT2D eigenvalue weighted by molar-refractivity contribution is -0.133. The van der Waals surface area contributed by atoms with Crippen molar-refractivity contribution in [2.75, 3.05) is 17.2 Å². The lowest BCUT2D eigenvalue weighted by Gasteiger charge is -2.32. The fraction of sp³-hybridized carbons (Fsp3) is 0.786. The number of aliphatic carboxylic acids is 1. The molecule has 120 valence electrons. The van der Waals surface area contributed by atoms with Crippen LogP contribution in [0.15, 0.2) is 5.16 Å². The van der Waals surface area contributed by atoms with Crippen LogP contribution in [0.3, 0.4) is 0 Å². The summed E-state index contributed by atoms with van der Waals surface area (Å²) >= 11 is 1.20. The first-order valence-electron chi connectivity index (χ1n) is 7.41. The van der Waals surface area contributed by atoms with Crippen molar-refractivity contribution in [3.8, 4) is 0 Å². The van der Waals surface area contributed by atoms with Crippen LogP contribution in [-0.4, -0.2) is 44.2 Å². The first-order valence-corrected chi connectivity index (χ1v) is 8.39. The third-order valence-corrected chi connectivity index (χ3v) is 4.34. The second-order valence-electron chi connectivity index (χ2n) is 5.54. The second kappa shape index (κ2) is 8.26. The molecule has 7 heteroatoms. The van der Waals surface area contributed by atoms with E-state index in [-0.39, 0.29) is 5.75 Å². The van der Waals surface area contributed by atoms with Gasteiger partial charge in [-0.15, -0.1) is 10.2 Å². The van der Waals surface area contributed by atoms with Crippen molar-refractivity contribution in [2.45, 2.75) is 51.7 Å². The molecule has 0 saturated heterocycles. The molecule has 0 fully saturated rings. The number of aromatic nitrogens is 3. The maximum absolute atomic E-state index is 10.7. The third kappa shape index (κ3) is 4.91. The van der Waals surface area contributed by atoms with Crippen molar-refractivity contribution in [2.24, 2.45) is 13.0 Å². The Labute approximate surface area is 130 Å². The van der Waals surface area contributed by atoms with E-state index in [1.54, 1.807) is 0 Å². The summed E-state index contributed by atoms with van der Waals surface area (Å²) in [6.07, 6.45) is 2.10. The highest BCUT2D eigenvalue weighted by Gasteiger charge is 2.23. The highest BCUT2D eigenvalue weighted by Crippen LogP contribution is 2.24. The van der Waals surface area contributed by atoms with E-state index in [4.69, 9.17) is 5.11 Å². The minimum absolute atomic E-state index is 0.00113. The van der Waals surface area contributed by atoms with Gasteiger partial charge in [0.2, 0.25) is 5.95 Å². The number of carboxylic acid groups (broad SMARTS) is 1. The molecule has 0 aliphatic carbocycles. The Morgan fingerprint density at radius 2 is 1.95 bits per heavy atom. The zero-order valence-corrected chi connectivity index (χ0v) is 14.4. The van der Waals surface area contributed by atoms with E-state index in [9.17, 15) is 4.79 Å². The average Bonchev–Trinajstić information content (AvgIpc) is 2.77. The summed E-state index contributed by atoms with van der Waals surface area (Å²) < 4.78 is 1.90. The van der Waals surface area contributed by atoms with Crippen molar-refractivity contribution in [1.82, 2.24) is 14.8 Å². The smallest absolute Gasteiger partial charge is 0.313 e. The molecule has 0 unspecified atom stereocenters. The van der Waals surface area contributed by atoms with Gasteiger partial charge in [0.15, 0.2) is 5.16 Å². The SMILES string of the molecule is CCC(CC)N(CC(C)C)c1nnc(SCC(=O)O)n1C. The molecule has 1 aromatic heterocycles. The molecule has 0 radical (unpaired) electrons. The largest absolute Gasteiger partial charge is 0.481 e. The van der Waals surface area contributed by atoms with E-state index in [0.717, 1.165) is 25.3 Å². The van der Waals surface area contributed by atoms with Crippen molar-refractivity contribution in [3.63, 3.8) is 0 Å². The Hall–Kier alpha value is -1.24. The quantitative estimate of drug-likeness (QED) is 0.707. The standard InChI is InChI=1S/C14H26N4O2S/c1-6-11(7-2)18(8-10(3)4)13-15-16-14(17(13)5)21-9-12(19)20/h10-11H,6-9H2,1-5H3,(H,19,20). The molecule has 0 saturated carbocycles. The van der Waals surface area contributed by atoms with Gasteiger partial charge < -0.3 is 10.0 Å². The van der Waals surface area contributed by atoms with E-state index >= 15 is 0 Å². The Morgan fingerprint density at radius 1 is 1.33 bits per heavy atom. The lowest BCUT2D eigenvalue weighted by Crippen LogP contribution is -2.39. The number of carbonyl (C=O) groups is 1. The van der Waals surface area contributed by atoms with Crippen LogP contribution in [0.1, 0.15) is 40.5 Å². The fourth-order valence-corrected chi connectivity index (χ4v) is 2.95. The Bertz CT molecular complexity index is 458. The van der Waals surface area contributed by atoms with Gasteiger partial charge in [-0.3, -0.25) is 9.36 Å². The van der Waals surface area contributed by atoms with Crippen LogP contribution >= 0.6 is 11.8 Å². The number of hydrogen-bond acceptors (Lipinski definition) is 5. The number of rotatable bonds is 9. The Balaban J connectivity index is 2.99. The molecular formula is C14H26N4O2S. The minimum atomic E-state index is -0.844. The maximum atomic E-state index is 10.7. The summed E-state index contributed by atoms with van der Waals surface area (Å²) in [4.78, 5) is 13.0. The molecule has 0 bridgehead atoms. The van der Waals surface area contributed by atoms with E-state index in [1.165, 1.54) is 11.8 Å². The van der Waals surface area contributed by atoms with Gasteiger partial charge in [-0.05, 0) is 18.8 Å². The third-order valence-electron chi connectivity index (χ3n) is 3.34.